The van der Waals surface area contributed by atoms with Crippen LogP contribution in [0.1, 0.15) is 39.5 Å². The van der Waals surface area contributed by atoms with Crippen LogP contribution in [0.5, 0.6) is 5.75 Å². The van der Waals surface area contributed by atoms with Crippen LogP contribution in [0.15, 0.2) is 24.3 Å². The molecule has 3 N–H and O–H groups in total. The lowest BCUT2D eigenvalue weighted by atomic mass is 9.86. The predicted molar refractivity (Wildman–Crippen MR) is 102 cm³/mol. The van der Waals surface area contributed by atoms with Crippen LogP contribution in [0.4, 0.5) is 5.69 Å². The second-order valence-electron chi connectivity index (χ2n) is 7.17. The Morgan fingerprint density at radius 1 is 1.12 bits per heavy atom. The van der Waals surface area contributed by atoms with Crippen molar-refractivity contribution in [2.75, 3.05) is 32.1 Å². The van der Waals surface area contributed by atoms with Gasteiger partial charge in [-0.05, 0) is 49.9 Å². The Kier molecular flexibility index (Phi) is 7.91. The van der Waals surface area contributed by atoms with Crippen molar-refractivity contribution in [1.29, 1.82) is 0 Å². The SMILES string of the molecule is CC[NH+](CC(=O)Nc1ccc(OC)cc1)CC(=O)N[C@H]1CCCC[C@@H]1C. The zero-order valence-electron chi connectivity index (χ0n) is 16.1. The number of hydrogen-bond acceptors (Lipinski definition) is 3. The van der Waals surface area contributed by atoms with Crippen LogP contribution < -0.4 is 20.3 Å². The van der Waals surface area contributed by atoms with Gasteiger partial charge in [0.2, 0.25) is 0 Å². The summed E-state index contributed by atoms with van der Waals surface area (Å²) in [5.74, 6) is 1.23. The molecular weight excluding hydrogens is 330 g/mol. The number of carbonyl (C=O) groups is 2. The number of nitrogens with one attached hydrogen (secondary N) is 3. The molecule has 0 saturated heterocycles. The zero-order chi connectivity index (χ0) is 18.9. The maximum Gasteiger partial charge on any atom is 0.279 e. The van der Waals surface area contributed by atoms with E-state index < -0.39 is 0 Å². The van der Waals surface area contributed by atoms with Gasteiger partial charge in [0.25, 0.3) is 11.8 Å². The van der Waals surface area contributed by atoms with E-state index >= 15 is 0 Å². The predicted octanol–water partition coefficient (Wildman–Crippen LogP) is 1.23. The minimum atomic E-state index is -0.0918. The molecule has 1 aromatic rings. The van der Waals surface area contributed by atoms with Gasteiger partial charge in [-0.1, -0.05) is 19.8 Å². The standard InChI is InChI=1S/C20H31N3O3/c1-4-23(14-20(25)22-18-8-6-5-7-15(18)2)13-19(24)21-16-9-11-17(26-3)12-10-16/h9-12,15,18H,4-8,13-14H2,1-3H3,(H,21,24)(H,22,25)/p+1/t15-,18-/m0/s1. The highest BCUT2D eigenvalue weighted by Crippen LogP contribution is 2.23. The molecule has 0 heterocycles. The lowest BCUT2D eigenvalue weighted by Gasteiger charge is -2.29. The average Bonchev–Trinajstić information content (AvgIpc) is 2.63. The minimum absolute atomic E-state index is 0.0397. The first kappa shape index (κ1) is 20.2. The van der Waals surface area contributed by atoms with E-state index in [1.807, 2.05) is 6.92 Å². The first-order valence-electron chi connectivity index (χ1n) is 9.58. The van der Waals surface area contributed by atoms with E-state index in [9.17, 15) is 9.59 Å². The van der Waals surface area contributed by atoms with Gasteiger partial charge in [0.05, 0.1) is 13.7 Å². The van der Waals surface area contributed by atoms with Crippen LogP contribution in [-0.2, 0) is 9.59 Å². The molecule has 0 spiro atoms. The van der Waals surface area contributed by atoms with Crippen molar-refractivity contribution < 1.29 is 19.2 Å². The number of quaternary nitrogens is 1. The topological polar surface area (TPSA) is 71.9 Å². The maximum absolute atomic E-state index is 12.4. The van der Waals surface area contributed by atoms with Crippen LogP contribution in [-0.4, -0.2) is 44.6 Å². The summed E-state index contributed by atoms with van der Waals surface area (Å²) in [6.45, 7) is 5.53. The van der Waals surface area contributed by atoms with Gasteiger partial charge in [0.15, 0.2) is 13.1 Å². The van der Waals surface area contributed by atoms with E-state index in [1.54, 1.807) is 31.4 Å². The second kappa shape index (κ2) is 10.2. The lowest BCUT2D eigenvalue weighted by Crippen LogP contribution is -3.14. The molecule has 1 saturated carbocycles. The Labute approximate surface area is 156 Å². The average molecular weight is 362 g/mol. The maximum atomic E-state index is 12.4. The molecule has 0 bridgehead atoms. The molecule has 144 valence electrons. The van der Waals surface area contributed by atoms with Gasteiger partial charge >= 0.3 is 0 Å². The summed E-state index contributed by atoms with van der Waals surface area (Å²) in [6, 6.07) is 7.50. The highest BCUT2D eigenvalue weighted by molar-refractivity contribution is 5.91. The lowest BCUT2D eigenvalue weighted by molar-refractivity contribution is -0.881. The molecule has 0 radical (unpaired) electrons. The molecular formula is C20H32N3O3+. The van der Waals surface area contributed by atoms with Crippen molar-refractivity contribution in [3.63, 3.8) is 0 Å². The van der Waals surface area contributed by atoms with Gasteiger partial charge in [-0.25, -0.2) is 0 Å². The van der Waals surface area contributed by atoms with Gasteiger partial charge in [-0.2, -0.15) is 0 Å². The number of rotatable bonds is 8. The molecule has 26 heavy (non-hydrogen) atoms. The second-order valence-corrected chi connectivity index (χ2v) is 7.17. The molecule has 2 amide bonds. The van der Waals surface area contributed by atoms with Crippen LogP contribution in [0.25, 0.3) is 0 Å². The summed E-state index contributed by atoms with van der Waals surface area (Å²) in [7, 11) is 1.61. The Balaban J connectivity index is 1.79. The highest BCUT2D eigenvalue weighted by Gasteiger charge is 2.24. The third-order valence-electron chi connectivity index (χ3n) is 5.15. The first-order chi connectivity index (χ1) is 12.5. The molecule has 6 nitrogen and oxygen atoms in total. The molecule has 0 aromatic heterocycles. The van der Waals surface area contributed by atoms with Crippen LogP contribution in [0.3, 0.4) is 0 Å². The third-order valence-corrected chi connectivity index (χ3v) is 5.15. The summed E-state index contributed by atoms with van der Waals surface area (Å²) < 4.78 is 5.11. The fourth-order valence-electron chi connectivity index (χ4n) is 3.43. The van der Waals surface area contributed by atoms with Crippen molar-refractivity contribution in [3.05, 3.63) is 24.3 Å². The van der Waals surface area contributed by atoms with Crippen molar-refractivity contribution in [2.45, 2.75) is 45.6 Å². The van der Waals surface area contributed by atoms with Crippen LogP contribution in [0.2, 0.25) is 0 Å². The van der Waals surface area contributed by atoms with Crippen molar-refractivity contribution in [2.24, 2.45) is 5.92 Å². The number of amides is 2. The molecule has 1 aromatic carbocycles. The van der Waals surface area contributed by atoms with E-state index in [4.69, 9.17) is 4.74 Å². The molecule has 1 fully saturated rings. The number of anilines is 1. The molecule has 1 unspecified atom stereocenters. The van der Waals surface area contributed by atoms with E-state index in [-0.39, 0.29) is 24.4 Å². The van der Waals surface area contributed by atoms with Crippen molar-refractivity contribution >= 4 is 17.5 Å². The number of carbonyl (C=O) groups excluding carboxylic acids is 2. The van der Waals surface area contributed by atoms with E-state index in [0.29, 0.717) is 12.5 Å². The first-order valence-corrected chi connectivity index (χ1v) is 9.58. The Morgan fingerprint density at radius 3 is 2.38 bits per heavy atom. The minimum Gasteiger partial charge on any atom is -0.497 e. The van der Waals surface area contributed by atoms with Gasteiger partial charge in [0, 0.05) is 11.7 Å². The summed E-state index contributed by atoms with van der Waals surface area (Å²) in [5, 5.41) is 6.04. The molecule has 1 aliphatic rings. The normalized spacial score (nSPS) is 20.9. The fourth-order valence-corrected chi connectivity index (χ4v) is 3.43. The number of benzene rings is 1. The molecule has 6 heteroatoms. The van der Waals surface area contributed by atoms with Gasteiger partial charge in [-0.3, -0.25) is 9.59 Å². The van der Waals surface area contributed by atoms with Gasteiger partial charge in [0.1, 0.15) is 5.75 Å². The van der Waals surface area contributed by atoms with Gasteiger partial charge in [-0.15, -0.1) is 0 Å². The summed E-state index contributed by atoms with van der Waals surface area (Å²) in [4.78, 5) is 25.6. The summed E-state index contributed by atoms with van der Waals surface area (Å²) in [6.07, 6.45) is 4.68. The quantitative estimate of drug-likeness (QED) is 0.651. The van der Waals surface area contributed by atoms with E-state index in [1.165, 1.54) is 19.3 Å². The smallest absolute Gasteiger partial charge is 0.279 e. The fraction of sp³-hybridized carbons (Fsp3) is 0.600. The van der Waals surface area contributed by atoms with Crippen molar-refractivity contribution in [1.82, 2.24) is 5.32 Å². The molecule has 0 aliphatic heterocycles. The number of methoxy groups -OCH3 is 1. The third kappa shape index (κ3) is 6.33. The zero-order valence-corrected chi connectivity index (χ0v) is 16.1. The Bertz CT molecular complexity index is 588. The van der Waals surface area contributed by atoms with Crippen LogP contribution in [0, 0.1) is 5.92 Å². The van der Waals surface area contributed by atoms with Crippen LogP contribution >= 0.6 is 0 Å². The largest absolute Gasteiger partial charge is 0.497 e. The number of ether oxygens (including phenoxy) is 1. The molecule has 3 atom stereocenters. The van der Waals surface area contributed by atoms with Gasteiger partial charge < -0.3 is 20.3 Å². The Hall–Kier alpha value is -2.08. The number of hydrogen-bond donors (Lipinski definition) is 3. The van der Waals surface area contributed by atoms with E-state index in [0.717, 1.165) is 29.3 Å². The summed E-state index contributed by atoms with van der Waals surface area (Å²) in [5.41, 5.74) is 0.728. The van der Waals surface area contributed by atoms with E-state index in [2.05, 4.69) is 17.6 Å². The Morgan fingerprint density at radius 2 is 1.77 bits per heavy atom. The molecule has 1 aliphatic carbocycles. The summed E-state index contributed by atoms with van der Waals surface area (Å²) >= 11 is 0. The van der Waals surface area contributed by atoms with Crippen molar-refractivity contribution in [3.8, 4) is 5.75 Å². The molecule has 2 rings (SSSR count). The number of likely N-dealkylation sites (N-methyl/N-ethyl adjacent to an activating group) is 1. The highest BCUT2D eigenvalue weighted by atomic mass is 16.5. The monoisotopic (exact) mass is 362 g/mol.